The highest BCUT2D eigenvalue weighted by Gasteiger charge is 2.21. The molecule has 1 fully saturated rings. The van der Waals surface area contributed by atoms with Gasteiger partial charge in [-0.1, -0.05) is 6.92 Å². The van der Waals surface area contributed by atoms with Gasteiger partial charge in [0.2, 0.25) is 0 Å². The number of hydrogen-bond acceptors (Lipinski definition) is 2. The molecule has 0 saturated heterocycles. The molecule has 1 atom stereocenters. The summed E-state index contributed by atoms with van der Waals surface area (Å²) in [4.78, 5) is 13.3. The molecule has 0 spiro atoms. The van der Waals surface area contributed by atoms with Crippen molar-refractivity contribution >= 4 is 5.78 Å². The second-order valence-electron chi connectivity index (χ2n) is 3.36. The predicted molar refractivity (Wildman–Crippen MR) is 45.6 cm³/mol. The minimum absolute atomic E-state index is 0.446. The highest BCUT2D eigenvalue weighted by atomic mass is 16.1. The lowest BCUT2D eigenvalue weighted by atomic mass is 9.93. The van der Waals surface area contributed by atoms with Crippen molar-refractivity contribution in [1.82, 2.24) is 4.90 Å². The lowest BCUT2D eigenvalue weighted by Gasteiger charge is -2.29. The lowest BCUT2D eigenvalue weighted by molar-refractivity contribution is -0.121. The topological polar surface area (TPSA) is 20.3 Å². The fourth-order valence-corrected chi connectivity index (χ4v) is 1.64. The Hall–Kier alpha value is -0.370. The van der Waals surface area contributed by atoms with Gasteiger partial charge in [-0.25, -0.2) is 0 Å². The summed E-state index contributed by atoms with van der Waals surface area (Å²) in [7, 11) is 2.10. The van der Waals surface area contributed by atoms with Gasteiger partial charge >= 0.3 is 0 Å². The van der Waals surface area contributed by atoms with Crippen LogP contribution >= 0.6 is 0 Å². The number of rotatable bonds is 2. The Morgan fingerprint density at radius 3 is 2.91 bits per heavy atom. The Kier molecular flexibility index (Phi) is 3.06. The van der Waals surface area contributed by atoms with Crippen molar-refractivity contribution in [1.29, 1.82) is 0 Å². The van der Waals surface area contributed by atoms with E-state index in [0.29, 0.717) is 11.8 Å². The van der Waals surface area contributed by atoms with Crippen molar-refractivity contribution in [3.63, 3.8) is 0 Å². The van der Waals surface area contributed by atoms with Crippen molar-refractivity contribution in [3.8, 4) is 0 Å². The number of nitrogens with zero attached hydrogens (tertiary/aromatic N) is 1. The van der Waals surface area contributed by atoms with E-state index in [1.807, 2.05) is 0 Å². The van der Waals surface area contributed by atoms with Crippen LogP contribution in [0.2, 0.25) is 0 Å². The molecule has 0 radical (unpaired) electrons. The molecular formula is C9H17NO. The van der Waals surface area contributed by atoms with Gasteiger partial charge in [-0.2, -0.15) is 0 Å². The summed E-state index contributed by atoms with van der Waals surface area (Å²) >= 11 is 0. The summed E-state index contributed by atoms with van der Waals surface area (Å²) in [5.74, 6) is 0.446. The summed E-state index contributed by atoms with van der Waals surface area (Å²) in [6.07, 6.45) is 3.89. The van der Waals surface area contributed by atoms with E-state index < -0.39 is 0 Å². The normalized spacial score (nSPS) is 26.1. The quantitative estimate of drug-likeness (QED) is 0.601. The number of hydrogen-bond donors (Lipinski definition) is 0. The standard InChI is InChI=1S/C9H17NO/c1-3-10(2)8-5-4-6-9(11)7-8/h8H,3-7H2,1-2H3. The maximum Gasteiger partial charge on any atom is 0.134 e. The molecule has 1 aliphatic rings. The molecular weight excluding hydrogens is 138 g/mol. The second kappa shape index (κ2) is 3.86. The first-order valence-corrected chi connectivity index (χ1v) is 4.46. The van der Waals surface area contributed by atoms with Gasteiger partial charge in [0.1, 0.15) is 5.78 Å². The molecule has 0 N–H and O–H groups in total. The van der Waals surface area contributed by atoms with Gasteiger partial charge in [-0.05, 0) is 26.4 Å². The first-order valence-electron chi connectivity index (χ1n) is 4.46. The molecule has 0 aromatic heterocycles. The maximum absolute atomic E-state index is 11.1. The zero-order valence-corrected chi connectivity index (χ0v) is 7.47. The van der Waals surface area contributed by atoms with E-state index in [4.69, 9.17) is 0 Å². The van der Waals surface area contributed by atoms with Crippen LogP contribution in [0.15, 0.2) is 0 Å². The van der Waals surface area contributed by atoms with Crippen LogP contribution in [0.5, 0.6) is 0 Å². The molecule has 1 unspecified atom stereocenters. The van der Waals surface area contributed by atoms with Gasteiger partial charge in [0.25, 0.3) is 0 Å². The first-order chi connectivity index (χ1) is 5.24. The molecule has 64 valence electrons. The number of carbonyl (C=O) groups excluding carboxylic acids is 1. The minimum atomic E-state index is 0.446. The van der Waals surface area contributed by atoms with Crippen molar-refractivity contribution in [2.24, 2.45) is 0 Å². The van der Waals surface area contributed by atoms with E-state index >= 15 is 0 Å². The summed E-state index contributed by atoms with van der Waals surface area (Å²) in [6, 6.07) is 0.529. The third-order valence-corrected chi connectivity index (χ3v) is 2.58. The van der Waals surface area contributed by atoms with Gasteiger partial charge in [0, 0.05) is 18.9 Å². The predicted octanol–water partition coefficient (Wildman–Crippen LogP) is 1.45. The molecule has 0 heterocycles. The zero-order chi connectivity index (χ0) is 8.27. The summed E-state index contributed by atoms with van der Waals surface area (Å²) in [5, 5.41) is 0. The van der Waals surface area contributed by atoms with Gasteiger partial charge in [-0.15, -0.1) is 0 Å². The van der Waals surface area contributed by atoms with Crippen molar-refractivity contribution in [2.45, 2.75) is 38.6 Å². The van der Waals surface area contributed by atoms with E-state index in [2.05, 4.69) is 18.9 Å². The van der Waals surface area contributed by atoms with E-state index in [1.165, 1.54) is 6.42 Å². The molecule has 1 aliphatic carbocycles. The van der Waals surface area contributed by atoms with E-state index in [1.54, 1.807) is 0 Å². The zero-order valence-electron chi connectivity index (χ0n) is 7.47. The van der Waals surface area contributed by atoms with Gasteiger partial charge < -0.3 is 4.90 Å². The number of Topliss-reactive ketones (excluding diaryl/α,β-unsaturated/α-hetero) is 1. The van der Waals surface area contributed by atoms with Crippen molar-refractivity contribution in [3.05, 3.63) is 0 Å². The molecule has 1 rings (SSSR count). The van der Waals surface area contributed by atoms with Crippen LogP contribution in [0.25, 0.3) is 0 Å². The minimum Gasteiger partial charge on any atom is -0.303 e. The fourth-order valence-electron chi connectivity index (χ4n) is 1.64. The molecule has 0 amide bonds. The molecule has 0 aromatic rings. The van der Waals surface area contributed by atoms with Crippen molar-refractivity contribution < 1.29 is 4.79 Å². The SMILES string of the molecule is CCN(C)C1CCCC(=O)C1. The first kappa shape index (κ1) is 8.72. The lowest BCUT2D eigenvalue weighted by Crippen LogP contribution is -2.35. The Labute approximate surface area is 68.6 Å². The average Bonchev–Trinajstić information content (AvgIpc) is 2.03. The van der Waals surface area contributed by atoms with E-state index in [0.717, 1.165) is 25.8 Å². The van der Waals surface area contributed by atoms with Crippen molar-refractivity contribution in [2.75, 3.05) is 13.6 Å². The summed E-state index contributed by atoms with van der Waals surface area (Å²) in [6.45, 7) is 3.19. The van der Waals surface area contributed by atoms with Crippen LogP contribution in [0, 0.1) is 0 Å². The molecule has 0 aliphatic heterocycles. The van der Waals surface area contributed by atoms with E-state index in [-0.39, 0.29) is 0 Å². The fraction of sp³-hybridized carbons (Fsp3) is 0.889. The summed E-state index contributed by atoms with van der Waals surface area (Å²) in [5.41, 5.74) is 0. The number of carbonyl (C=O) groups is 1. The highest BCUT2D eigenvalue weighted by molar-refractivity contribution is 5.79. The third-order valence-electron chi connectivity index (χ3n) is 2.58. The second-order valence-corrected chi connectivity index (χ2v) is 3.36. The summed E-state index contributed by atoms with van der Waals surface area (Å²) < 4.78 is 0. The maximum atomic E-state index is 11.1. The Morgan fingerprint density at radius 1 is 1.64 bits per heavy atom. The van der Waals surface area contributed by atoms with Gasteiger partial charge in [0.15, 0.2) is 0 Å². The molecule has 0 aromatic carbocycles. The third kappa shape index (κ3) is 2.29. The smallest absolute Gasteiger partial charge is 0.134 e. The van der Waals surface area contributed by atoms with E-state index in [9.17, 15) is 4.79 Å². The largest absolute Gasteiger partial charge is 0.303 e. The Balaban J connectivity index is 2.39. The van der Waals surface area contributed by atoms with Gasteiger partial charge in [-0.3, -0.25) is 4.79 Å². The monoisotopic (exact) mass is 155 g/mol. The molecule has 11 heavy (non-hydrogen) atoms. The molecule has 0 bridgehead atoms. The average molecular weight is 155 g/mol. The van der Waals surface area contributed by atoms with Crippen LogP contribution in [-0.2, 0) is 4.79 Å². The highest BCUT2D eigenvalue weighted by Crippen LogP contribution is 2.18. The number of ketones is 1. The Bertz CT molecular complexity index is 144. The van der Waals surface area contributed by atoms with Crippen LogP contribution < -0.4 is 0 Å². The van der Waals surface area contributed by atoms with Crippen LogP contribution in [0.3, 0.4) is 0 Å². The van der Waals surface area contributed by atoms with Crippen LogP contribution in [0.4, 0.5) is 0 Å². The van der Waals surface area contributed by atoms with Crippen LogP contribution in [-0.4, -0.2) is 30.3 Å². The molecule has 1 saturated carbocycles. The van der Waals surface area contributed by atoms with Gasteiger partial charge in [0.05, 0.1) is 0 Å². The van der Waals surface area contributed by atoms with Crippen LogP contribution in [0.1, 0.15) is 32.6 Å². The molecule has 2 nitrogen and oxygen atoms in total. The Morgan fingerprint density at radius 2 is 2.36 bits per heavy atom. The molecule has 2 heteroatoms.